The van der Waals surface area contributed by atoms with Crippen LogP contribution in [0.15, 0.2) is 10.9 Å². The second-order valence-electron chi connectivity index (χ2n) is 5.76. The summed E-state index contributed by atoms with van der Waals surface area (Å²) in [5.74, 6) is 0.385. The number of hydrogen-bond acceptors (Lipinski definition) is 5. The van der Waals surface area contributed by atoms with Gasteiger partial charge in [0, 0.05) is 30.4 Å². The minimum atomic E-state index is -0.217. The summed E-state index contributed by atoms with van der Waals surface area (Å²) in [6.07, 6.45) is 1.74. The number of aromatic nitrogens is 4. The number of H-pyrrole nitrogens is 1. The summed E-state index contributed by atoms with van der Waals surface area (Å²) in [5.41, 5.74) is 8.51. The summed E-state index contributed by atoms with van der Waals surface area (Å²) < 4.78 is 1.62. The van der Waals surface area contributed by atoms with Gasteiger partial charge in [-0.1, -0.05) is 0 Å². The number of amides is 1. The highest BCUT2D eigenvalue weighted by Crippen LogP contribution is 2.17. The first-order valence-corrected chi connectivity index (χ1v) is 8.02. The first kappa shape index (κ1) is 17.9. The summed E-state index contributed by atoms with van der Waals surface area (Å²) in [7, 11) is 0. The predicted molar refractivity (Wildman–Crippen MR) is 91.2 cm³/mol. The monoisotopic (exact) mass is 332 g/mol. The zero-order valence-corrected chi connectivity index (χ0v) is 14.3. The Bertz CT molecular complexity index is 777. The second kappa shape index (κ2) is 7.87. The van der Waals surface area contributed by atoms with Crippen molar-refractivity contribution in [3.63, 3.8) is 0 Å². The molecule has 0 saturated carbocycles. The van der Waals surface area contributed by atoms with E-state index in [1.165, 1.54) is 6.07 Å². The van der Waals surface area contributed by atoms with E-state index in [1.54, 1.807) is 11.6 Å². The van der Waals surface area contributed by atoms with E-state index in [2.05, 4.69) is 20.4 Å². The third-order valence-corrected chi connectivity index (χ3v) is 3.80. The molecule has 8 heteroatoms. The van der Waals surface area contributed by atoms with E-state index in [1.807, 2.05) is 13.8 Å². The van der Waals surface area contributed by atoms with Crippen molar-refractivity contribution in [3.8, 4) is 5.95 Å². The van der Waals surface area contributed by atoms with Gasteiger partial charge in [-0.25, -0.2) is 9.67 Å². The van der Waals surface area contributed by atoms with Crippen molar-refractivity contribution in [1.82, 2.24) is 25.1 Å². The van der Waals surface area contributed by atoms with Crippen molar-refractivity contribution in [2.24, 2.45) is 5.73 Å². The maximum atomic E-state index is 11.8. The Kier molecular flexibility index (Phi) is 5.86. The molecule has 0 atom stereocenters. The third kappa shape index (κ3) is 4.29. The molecule has 0 spiro atoms. The van der Waals surface area contributed by atoms with Gasteiger partial charge in [0.1, 0.15) is 0 Å². The summed E-state index contributed by atoms with van der Waals surface area (Å²) in [6, 6.07) is 1.43. The van der Waals surface area contributed by atoms with E-state index in [9.17, 15) is 9.59 Å². The number of rotatable bonds is 7. The number of hydrogen-bond donors (Lipinski definition) is 3. The fourth-order valence-corrected chi connectivity index (χ4v) is 2.56. The number of carbonyl (C=O) groups excluding carboxylic acids is 1. The molecule has 0 aliphatic carbocycles. The third-order valence-electron chi connectivity index (χ3n) is 3.80. The molecule has 0 unspecified atom stereocenters. The molecule has 0 fully saturated rings. The number of nitrogens with zero attached hydrogens (tertiary/aromatic N) is 3. The van der Waals surface area contributed by atoms with E-state index >= 15 is 0 Å². The lowest BCUT2D eigenvalue weighted by Gasteiger charge is -2.06. The number of nitrogens with one attached hydrogen (secondary N) is 2. The molecule has 0 aliphatic rings. The molecule has 2 heterocycles. The van der Waals surface area contributed by atoms with Crippen molar-refractivity contribution in [1.29, 1.82) is 0 Å². The molecule has 130 valence electrons. The van der Waals surface area contributed by atoms with Crippen molar-refractivity contribution < 1.29 is 4.79 Å². The standard InChI is InChI=1S/C16H24N6O2/c1-10-9-15(24)20-16(19-10)22-12(3)13(11(2)21-22)5-6-14(23)18-8-4-7-17/h9H,4-8,17H2,1-3H3,(H,18,23)(H,19,20,24). The van der Waals surface area contributed by atoms with Gasteiger partial charge in [-0.2, -0.15) is 5.10 Å². The zero-order chi connectivity index (χ0) is 17.7. The van der Waals surface area contributed by atoms with Crippen molar-refractivity contribution in [2.75, 3.05) is 13.1 Å². The van der Waals surface area contributed by atoms with Gasteiger partial charge in [0.25, 0.3) is 5.56 Å². The van der Waals surface area contributed by atoms with Crippen molar-refractivity contribution >= 4 is 5.91 Å². The molecular weight excluding hydrogens is 308 g/mol. The van der Waals surface area contributed by atoms with Gasteiger partial charge >= 0.3 is 0 Å². The van der Waals surface area contributed by atoms with Gasteiger partial charge in [-0.15, -0.1) is 0 Å². The predicted octanol–water partition coefficient (Wildman–Crippen LogP) is 0.278. The smallest absolute Gasteiger partial charge is 0.252 e. The van der Waals surface area contributed by atoms with E-state index < -0.39 is 0 Å². The number of aromatic amines is 1. The van der Waals surface area contributed by atoms with Crippen LogP contribution < -0.4 is 16.6 Å². The average molecular weight is 332 g/mol. The molecule has 8 nitrogen and oxygen atoms in total. The summed E-state index contributed by atoms with van der Waals surface area (Å²) in [4.78, 5) is 30.5. The van der Waals surface area contributed by atoms with Gasteiger partial charge in [-0.05, 0) is 45.7 Å². The van der Waals surface area contributed by atoms with Crippen LogP contribution in [0, 0.1) is 20.8 Å². The van der Waals surface area contributed by atoms with Crippen LogP contribution in [0.3, 0.4) is 0 Å². The van der Waals surface area contributed by atoms with Gasteiger partial charge in [0.15, 0.2) is 0 Å². The highest BCUT2D eigenvalue weighted by atomic mass is 16.1. The topological polar surface area (TPSA) is 119 Å². The Morgan fingerprint density at radius 1 is 1.38 bits per heavy atom. The van der Waals surface area contributed by atoms with Gasteiger partial charge in [-0.3, -0.25) is 14.6 Å². The molecule has 2 aromatic rings. The molecule has 4 N–H and O–H groups in total. The Morgan fingerprint density at radius 2 is 2.12 bits per heavy atom. The van der Waals surface area contributed by atoms with Gasteiger partial charge in [0.2, 0.25) is 11.9 Å². The van der Waals surface area contributed by atoms with E-state index in [0.717, 1.165) is 23.4 Å². The molecule has 1 amide bonds. The maximum absolute atomic E-state index is 11.8. The summed E-state index contributed by atoms with van der Waals surface area (Å²) in [6.45, 7) is 6.72. The molecule has 24 heavy (non-hydrogen) atoms. The second-order valence-corrected chi connectivity index (χ2v) is 5.76. The first-order valence-electron chi connectivity index (χ1n) is 8.02. The molecule has 0 aromatic carbocycles. The molecule has 2 aromatic heterocycles. The SMILES string of the molecule is Cc1cc(=O)[nH]c(-n2nc(C)c(CCC(=O)NCCCN)c2C)n1. The summed E-state index contributed by atoms with van der Waals surface area (Å²) >= 11 is 0. The number of aryl methyl sites for hydroxylation is 2. The Labute approximate surface area is 140 Å². The van der Waals surface area contributed by atoms with Crippen LogP contribution in [-0.4, -0.2) is 38.7 Å². The van der Waals surface area contributed by atoms with E-state index in [4.69, 9.17) is 5.73 Å². The summed E-state index contributed by atoms with van der Waals surface area (Å²) in [5, 5.41) is 7.29. The van der Waals surface area contributed by atoms with Crippen molar-refractivity contribution in [2.45, 2.75) is 40.0 Å². The van der Waals surface area contributed by atoms with Crippen LogP contribution in [-0.2, 0) is 11.2 Å². The fourth-order valence-electron chi connectivity index (χ4n) is 2.56. The Hall–Kier alpha value is -2.48. The highest BCUT2D eigenvalue weighted by molar-refractivity contribution is 5.76. The Balaban J connectivity index is 2.14. The Morgan fingerprint density at radius 3 is 2.79 bits per heavy atom. The highest BCUT2D eigenvalue weighted by Gasteiger charge is 2.15. The normalized spacial score (nSPS) is 10.8. The fraction of sp³-hybridized carbons (Fsp3) is 0.500. The van der Waals surface area contributed by atoms with Gasteiger partial charge < -0.3 is 11.1 Å². The van der Waals surface area contributed by atoms with Crippen LogP contribution in [0.5, 0.6) is 0 Å². The molecule has 0 saturated heterocycles. The average Bonchev–Trinajstić information content (AvgIpc) is 2.79. The quantitative estimate of drug-likeness (QED) is 0.629. The van der Waals surface area contributed by atoms with Crippen LogP contribution in [0.25, 0.3) is 5.95 Å². The number of carbonyl (C=O) groups is 1. The van der Waals surface area contributed by atoms with E-state index in [-0.39, 0.29) is 11.5 Å². The molecule has 0 bridgehead atoms. The lowest BCUT2D eigenvalue weighted by atomic mass is 10.1. The molecule has 0 aliphatic heterocycles. The van der Waals surface area contributed by atoms with E-state index in [0.29, 0.717) is 37.6 Å². The first-order chi connectivity index (χ1) is 11.4. The largest absolute Gasteiger partial charge is 0.356 e. The van der Waals surface area contributed by atoms with Crippen LogP contribution in [0.4, 0.5) is 0 Å². The van der Waals surface area contributed by atoms with Crippen LogP contribution in [0.2, 0.25) is 0 Å². The zero-order valence-electron chi connectivity index (χ0n) is 14.3. The number of nitrogens with two attached hydrogens (primary N) is 1. The molecule has 2 rings (SSSR count). The lowest BCUT2D eigenvalue weighted by molar-refractivity contribution is -0.121. The minimum Gasteiger partial charge on any atom is -0.356 e. The minimum absolute atomic E-state index is 0.00270. The van der Waals surface area contributed by atoms with Crippen LogP contribution in [0.1, 0.15) is 35.5 Å². The molecular formula is C16H24N6O2. The lowest BCUT2D eigenvalue weighted by Crippen LogP contribution is -2.26. The maximum Gasteiger partial charge on any atom is 0.252 e. The van der Waals surface area contributed by atoms with Gasteiger partial charge in [0.05, 0.1) is 5.69 Å². The van der Waals surface area contributed by atoms with Crippen LogP contribution >= 0.6 is 0 Å². The van der Waals surface area contributed by atoms with Crippen molar-refractivity contribution in [3.05, 3.63) is 39.1 Å². The molecule has 0 radical (unpaired) electrons.